The molecule has 0 aliphatic carbocycles. The van der Waals surface area contributed by atoms with Crippen molar-refractivity contribution >= 4 is 5.91 Å². The quantitative estimate of drug-likeness (QED) is 0.795. The van der Waals surface area contributed by atoms with E-state index in [2.05, 4.69) is 11.4 Å². The van der Waals surface area contributed by atoms with Crippen molar-refractivity contribution in [3.05, 3.63) is 35.9 Å². The number of hydrogen-bond donors (Lipinski definition) is 2. The summed E-state index contributed by atoms with van der Waals surface area (Å²) in [6.45, 7) is 4.27. The van der Waals surface area contributed by atoms with E-state index in [0.717, 1.165) is 5.56 Å². The van der Waals surface area contributed by atoms with Crippen LogP contribution in [-0.4, -0.2) is 18.5 Å². The molecule has 1 aromatic rings. The fraction of sp³-hybridized carbons (Fsp3) is 0.429. The summed E-state index contributed by atoms with van der Waals surface area (Å²) in [6, 6.07) is 11.4. The van der Waals surface area contributed by atoms with Gasteiger partial charge < -0.3 is 11.1 Å². The number of primary amides is 1. The van der Waals surface area contributed by atoms with Crippen LogP contribution in [0.15, 0.2) is 30.3 Å². The molecule has 1 aromatic carbocycles. The van der Waals surface area contributed by atoms with Gasteiger partial charge in [0.05, 0.1) is 18.0 Å². The van der Waals surface area contributed by atoms with Crippen LogP contribution in [0.4, 0.5) is 0 Å². The summed E-state index contributed by atoms with van der Waals surface area (Å²) >= 11 is 0. The summed E-state index contributed by atoms with van der Waals surface area (Å²) in [5.74, 6) is -0.542. The van der Waals surface area contributed by atoms with E-state index in [1.807, 2.05) is 44.2 Å². The van der Waals surface area contributed by atoms with Crippen molar-refractivity contribution in [3.8, 4) is 6.07 Å². The van der Waals surface area contributed by atoms with Crippen molar-refractivity contribution in [2.24, 2.45) is 11.7 Å². The molecule has 1 amide bonds. The monoisotopic (exact) mass is 245 g/mol. The number of rotatable bonds is 6. The minimum Gasteiger partial charge on any atom is -0.368 e. The number of hydrogen-bond acceptors (Lipinski definition) is 3. The Morgan fingerprint density at radius 1 is 1.39 bits per heavy atom. The third-order valence-corrected chi connectivity index (χ3v) is 2.87. The highest BCUT2D eigenvalue weighted by Gasteiger charge is 2.20. The summed E-state index contributed by atoms with van der Waals surface area (Å²) in [6.07, 6.45) is 0. The van der Waals surface area contributed by atoms with Gasteiger partial charge in [-0.3, -0.25) is 4.79 Å². The number of benzene rings is 1. The Kier molecular flexibility index (Phi) is 5.34. The molecule has 0 saturated heterocycles. The molecule has 2 unspecified atom stereocenters. The van der Waals surface area contributed by atoms with E-state index in [1.54, 1.807) is 0 Å². The minimum atomic E-state index is -0.399. The van der Waals surface area contributed by atoms with Gasteiger partial charge in [0.2, 0.25) is 5.91 Å². The van der Waals surface area contributed by atoms with Crippen molar-refractivity contribution in [2.75, 3.05) is 6.54 Å². The Bertz CT molecular complexity index is 422. The van der Waals surface area contributed by atoms with Crippen molar-refractivity contribution in [1.29, 1.82) is 5.26 Å². The number of nitrogens with one attached hydrogen (secondary N) is 1. The van der Waals surface area contributed by atoms with Crippen molar-refractivity contribution in [2.45, 2.75) is 25.8 Å². The lowest BCUT2D eigenvalue weighted by Crippen LogP contribution is -2.46. The van der Waals surface area contributed by atoms with Crippen LogP contribution >= 0.6 is 0 Å². The first-order chi connectivity index (χ1) is 8.56. The lowest BCUT2D eigenvalue weighted by molar-refractivity contribution is -0.121. The lowest BCUT2D eigenvalue weighted by Gasteiger charge is -2.20. The summed E-state index contributed by atoms with van der Waals surface area (Å²) < 4.78 is 0. The molecule has 0 aliphatic rings. The maximum atomic E-state index is 11.3. The van der Waals surface area contributed by atoms with E-state index < -0.39 is 6.04 Å². The highest BCUT2D eigenvalue weighted by molar-refractivity contribution is 5.80. The van der Waals surface area contributed by atoms with E-state index >= 15 is 0 Å². The maximum Gasteiger partial charge on any atom is 0.234 e. The van der Waals surface area contributed by atoms with Crippen molar-refractivity contribution in [1.82, 2.24) is 5.32 Å². The Morgan fingerprint density at radius 3 is 2.44 bits per heavy atom. The van der Waals surface area contributed by atoms with Crippen LogP contribution in [0.3, 0.4) is 0 Å². The predicted octanol–water partition coefficient (Wildman–Crippen LogP) is 1.39. The first kappa shape index (κ1) is 14.2. The molecule has 0 bridgehead atoms. The zero-order valence-corrected chi connectivity index (χ0v) is 10.8. The van der Waals surface area contributed by atoms with E-state index in [-0.39, 0.29) is 17.7 Å². The third kappa shape index (κ3) is 3.86. The van der Waals surface area contributed by atoms with Crippen LogP contribution in [0.1, 0.15) is 25.3 Å². The normalized spacial score (nSPS) is 13.9. The molecular formula is C14H19N3O. The highest BCUT2D eigenvalue weighted by atomic mass is 16.1. The molecule has 0 saturated carbocycles. The zero-order chi connectivity index (χ0) is 13.5. The van der Waals surface area contributed by atoms with E-state index in [0.29, 0.717) is 6.54 Å². The Morgan fingerprint density at radius 2 is 2.00 bits per heavy atom. The predicted molar refractivity (Wildman–Crippen MR) is 70.6 cm³/mol. The van der Waals surface area contributed by atoms with Gasteiger partial charge in [0, 0.05) is 6.54 Å². The Hall–Kier alpha value is -1.86. The van der Waals surface area contributed by atoms with Crippen molar-refractivity contribution < 1.29 is 4.79 Å². The SMILES string of the molecule is CC(C)C(NCC(C#N)c1ccccc1)C(N)=O. The zero-order valence-electron chi connectivity index (χ0n) is 10.8. The molecule has 0 heterocycles. The van der Waals surface area contributed by atoms with Gasteiger partial charge in [-0.25, -0.2) is 0 Å². The van der Waals surface area contributed by atoms with Gasteiger partial charge in [-0.2, -0.15) is 5.26 Å². The van der Waals surface area contributed by atoms with Crippen LogP contribution in [0.2, 0.25) is 0 Å². The number of carbonyl (C=O) groups is 1. The molecule has 96 valence electrons. The third-order valence-electron chi connectivity index (χ3n) is 2.87. The molecule has 4 heteroatoms. The number of carbonyl (C=O) groups excluding carboxylic acids is 1. The van der Waals surface area contributed by atoms with Crippen LogP contribution in [0, 0.1) is 17.2 Å². The fourth-order valence-electron chi connectivity index (χ4n) is 1.83. The van der Waals surface area contributed by atoms with Crippen LogP contribution in [0.25, 0.3) is 0 Å². The van der Waals surface area contributed by atoms with Crippen LogP contribution in [0.5, 0.6) is 0 Å². The summed E-state index contributed by atoms with van der Waals surface area (Å²) in [4.78, 5) is 11.3. The Labute approximate surface area is 108 Å². The van der Waals surface area contributed by atoms with Crippen molar-refractivity contribution in [3.63, 3.8) is 0 Å². The number of nitrogens with zero attached hydrogens (tertiary/aromatic N) is 1. The van der Waals surface area contributed by atoms with E-state index in [1.165, 1.54) is 0 Å². The number of amides is 1. The number of nitriles is 1. The summed E-state index contributed by atoms with van der Waals surface area (Å²) in [5.41, 5.74) is 6.26. The number of nitrogens with two attached hydrogens (primary N) is 1. The smallest absolute Gasteiger partial charge is 0.234 e. The standard InChI is InChI=1S/C14H19N3O/c1-10(2)13(14(16)18)17-9-12(8-15)11-6-4-3-5-7-11/h3-7,10,12-13,17H,9H2,1-2H3,(H2,16,18). The highest BCUT2D eigenvalue weighted by Crippen LogP contribution is 2.14. The molecule has 3 N–H and O–H groups in total. The van der Waals surface area contributed by atoms with Gasteiger partial charge in [-0.1, -0.05) is 44.2 Å². The van der Waals surface area contributed by atoms with Gasteiger partial charge in [0.1, 0.15) is 0 Å². The average molecular weight is 245 g/mol. The molecule has 0 radical (unpaired) electrons. The summed E-state index contributed by atoms with van der Waals surface area (Å²) in [7, 11) is 0. The molecule has 18 heavy (non-hydrogen) atoms. The molecule has 0 aliphatic heterocycles. The van der Waals surface area contributed by atoms with Gasteiger partial charge in [-0.05, 0) is 11.5 Å². The average Bonchev–Trinajstić information content (AvgIpc) is 2.34. The minimum absolute atomic E-state index is 0.109. The fourth-order valence-corrected chi connectivity index (χ4v) is 1.83. The van der Waals surface area contributed by atoms with Crippen LogP contribution in [-0.2, 0) is 4.79 Å². The molecule has 4 nitrogen and oxygen atoms in total. The second-order valence-electron chi connectivity index (χ2n) is 4.62. The molecule has 0 fully saturated rings. The Balaban J connectivity index is 2.66. The molecule has 0 aromatic heterocycles. The van der Waals surface area contributed by atoms with E-state index in [4.69, 9.17) is 11.0 Å². The maximum absolute atomic E-state index is 11.3. The molecule has 2 atom stereocenters. The molecule has 0 spiro atoms. The molecule has 1 rings (SSSR count). The van der Waals surface area contributed by atoms with Gasteiger partial charge in [0.25, 0.3) is 0 Å². The first-order valence-corrected chi connectivity index (χ1v) is 6.03. The van der Waals surface area contributed by atoms with E-state index in [9.17, 15) is 4.79 Å². The first-order valence-electron chi connectivity index (χ1n) is 6.03. The van der Waals surface area contributed by atoms with Gasteiger partial charge in [-0.15, -0.1) is 0 Å². The summed E-state index contributed by atoms with van der Waals surface area (Å²) in [5, 5.41) is 12.2. The second-order valence-corrected chi connectivity index (χ2v) is 4.62. The lowest BCUT2D eigenvalue weighted by atomic mass is 9.98. The van der Waals surface area contributed by atoms with Crippen LogP contribution < -0.4 is 11.1 Å². The second kappa shape index (κ2) is 6.77. The molecular weight excluding hydrogens is 226 g/mol. The van der Waals surface area contributed by atoms with Gasteiger partial charge in [0.15, 0.2) is 0 Å². The van der Waals surface area contributed by atoms with Gasteiger partial charge >= 0.3 is 0 Å². The largest absolute Gasteiger partial charge is 0.368 e. The topological polar surface area (TPSA) is 78.9 Å².